The lowest BCUT2D eigenvalue weighted by molar-refractivity contribution is -0.152. The third-order valence-corrected chi connectivity index (χ3v) is 5.11. The average Bonchev–Trinajstić information content (AvgIpc) is 2.61. The fourth-order valence-electron chi connectivity index (χ4n) is 3.52. The van der Waals surface area contributed by atoms with E-state index in [4.69, 9.17) is 4.74 Å². The van der Waals surface area contributed by atoms with Gasteiger partial charge < -0.3 is 14.5 Å². The van der Waals surface area contributed by atoms with E-state index in [1.807, 2.05) is 18.7 Å². The number of piperazine rings is 1. The van der Waals surface area contributed by atoms with E-state index in [-0.39, 0.29) is 23.8 Å². The maximum atomic E-state index is 12.7. The van der Waals surface area contributed by atoms with Crippen molar-refractivity contribution in [2.45, 2.75) is 39.7 Å². The van der Waals surface area contributed by atoms with E-state index < -0.39 is 0 Å². The lowest BCUT2D eigenvalue weighted by atomic mass is 9.96. The number of esters is 1. The van der Waals surface area contributed by atoms with Crippen LogP contribution >= 0.6 is 0 Å². The highest BCUT2D eigenvalue weighted by Crippen LogP contribution is 2.21. The number of hydrogen-bond acceptors (Lipinski definition) is 5. The van der Waals surface area contributed by atoms with Crippen LogP contribution in [0.3, 0.4) is 0 Å². The third kappa shape index (κ3) is 4.67. The van der Waals surface area contributed by atoms with Gasteiger partial charge in [0.15, 0.2) is 0 Å². The Hall–Kier alpha value is -1.14. The summed E-state index contributed by atoms with van der Waals surface area (Å²) in [5.41, 5.74) is 0. The highest BCUT2D eigenvalue weighted by Gasteiger charge is 2.33. The zero-order valence-corrected chi connectivity index (χ0v) is 14.8. The molecule has 132 valence electrons. The Labute approximate surface area is 139 Å². The predicted octanol–water partition coefficient (Wildman–Crippen LogP) is 0.814. The van der Waals surface area contributed by atoms with E-state index in [9.17, 15) is 9.59 Å². The molecule has 0 radical (unpaired) electrons. The summed E-state index contributed by atoms with van der Waals surface area (Å²) in [5, 5.41) is 0. The number of nitrogens with zero attached hydrogens (tertiary/aromatic N) is 3. The Morgan fingerprint density at radius 1 is 1.13 bits per heavy atom. The third-order valence-electron chi connectivity index (χ3n) is 5.11. The Balaban J connectivity index is 1.87. The maximum Gasteiger partial charge on any atom is 0.310 e. The van der Waals surface area contributed by atoms with Crippen LogP contribution in [0.25, 0.3) is 0 Å². The topological polar surface area (TPSA) is 53.1 Å². The molecule has 1 amide bonds. The van der Waals surface area contributed by atoms with Crippen LogP contribution in [0.15, 0.2) is 0 Å². The molecule has 0 aromatic carbocycles. The quantitative estimate of drug-likeness (QED) is 0.700. The normalized spacial score (nSPS) is 25.2. The second-order valence-electron chi connectivity index (χ2n) is 6.52. The molecule has 6 heteroatoms. The van der Waals surface area contributed by atoms with Gasteiger partial charge in [-0.05, 0) is 39.8 Å². The Morgan fingerprint density at radius 3 is 2.43 bits per heavy atom. The van der Waals surface area contributed by atoms with Crippen molar-refractivity contribution in [3.8, 4) is 0 Å². The van der Waals surface area contributed by atoms with Gasteiger partial charge in [0.05, 0.1) is 18.6 Å². The average molecular weight is 325 g/mol. The van der Waals surface area contributed by atoms with Gasteiger partial charge in [-0.2, -0.15) is 0 Å². The fourth-order valence-corrected chi connectivity index (χ4v) is 3.52. The van der Waals surface area contributed by atoms with E-state index in [1.165, 1.54) is 0 Å². The van der Waals surface area contributed by atoms with Crippen LogP contribution in [-0.4, -0.2) is 85.0 Å². The van der Waals surface area contributed by atoms with Crippen molar-refractivity contribution >= 4 is 11.9 Å². The molecule has 2 fully saturated rings. The monoisotopic (exact) mass is 325 g/mol. The van der Waals surface area contributed by atoms with Crippen molar-refractivity contribution in [1.82, 2.24) is 14.7 Å². The zero-order valence-electron chi connectivity index (χ0n) is 14.8. The minimum atomic E-state index is -0.152. The van der Waals surface area contributed by atoms with Crippen LogP contribution in [0, 0.1) is 5.92 Å². The number of piperidine rings is 1. The largest absolute Gasteiger partial charge is 0.466 e. The van der Waals surface area contributed by atoms with Gasteiger partial charge in [-0.1, -0.05) is 6.92 Å². The van der Waals surface area contributed by atoms with E-state index >= 15 is 0 Å². The molecular formula is C17H31N3O3. The summed E-state index contributed by atoms with van der Waals surface area (Å²) in [6.45, 7) is 12.5. The highest BCUT2D eigenvalue weighted by molar-refractivity contribution is 5.82. The summed E-state index contributed by atoms with van der Waals surface area (Å²) in [6.07, 6.45) is 1.82. The van der Waals surface area contributed by atoms with Gasteiger partial charge in [0, 0.05) is 32.7 Å². The molecular weight excluding hydrogens is 294 g/mol. The molecule has 0 aromatic heterocycles. The van der Waals surface area contributed by atoms with E-state index in [0.29, 0.717) is 13.2 Å². The van der Waals surface area contributed by atoms with Crippen LogP contribution in [0.5, 0.6) is 0 Å². The van der Waals surface area contributed by atoms with E-state index in [1.54, 1.807) is 0 Å². The number of carbonyl (C=O) groups is 2. The fraction of sp³-hybridized carbons (Fsp3) is 0.882. The van der Waals surface area contributed by atoms with E-state index in [2.05, 4.69) is 16.7 Å². The molecule has 2 atom stereocenters. The van der Waals surface area contributed by atoms with Crippen molar-refractivity contribution in [2.75, 3.05) is 52.4 Å². The van der Waals surface area contributed by atoms with Crippen molar-refractivity contribution in [3.63, 3.8) is 0 Å². The van der Waals surface area contributed by atoms with Crippen LogP contribution in [0.1, 0.15) is 33.6 Å². The lowest BCUT2D eigenvalue weighted by Crippen LogP contribution is -2.55. The molecule has 0 aromatic rings. The molecule has 2 aliphatic rings. The summed E-state index contributed by atoms with van der Waals surface area (Å²) in [4.78, 5) is 31.2. The van der Waals surface area contributed by atoms with Gasteiger partial charge in [-0.25, -0.2) is 0 Å². The van der Waals surface area contributed by atoms with Crippen LogP contribution < -0.4 is 0 Å². The minimum absolute atomic E-state index is 0.0871. The molecule has 2 heterocycles. The summed E-state index contributed by atoms with van der Waals surface area (Å²) in [7, 11) is 0. The van der Waals surface area contributed by atoms with Gasteiger partial charge in [-0.3, -0.25) is 14.5 Å². The van der Waals surface area contributed by atoms with Crippen molar-refractivity contribution in [3.05, 3.63) is 0 Å². The molecule has 0 unspecified atom stereocenters. The Kier molecular flexibility index (Phi) is 6.84. The summed E-state index contributed by atoms with van der Waals surface area (Å²) in [5.74, 6) is -0.00504. The number of amides is 1. The van der Waals surface area contributed by atoms with Crippen LogP contribution in [0.2, 0.25) is 0 Å². The first-order valence-corrected chi connectivity index (χ1v) is 8.98. The summed E-state index contributed by atoms with van der Waals surface area (Å²) >= 11 is 0. The highest BCUT2D eigenvalue weighted by atomic mass is 16.5. The lowest BCUT2D eigenvalue weighted by Gasteiger charge is -2.40. The van der Waals surface area contributed by atoms with Gasteiger partial charge in [0.1, 0.15) is 0 Å². The number of likely N-dealkylation sites (tertiary alicyclic amines) is 1. The minimum Gasteiger partial charge on any atom is -0.466 e. The first kappa shape index (κ1) is 18.2. The predicted molar refractivity (Wildman–Crippen MR) is 89.1 cm³/mol. The molecule has 2 aliphatic heterocycles. The first-order chi connectivity index (χ1) is 11.1. The van der Waals surface area contributed by atoms with Crippen molar-refractivity contribution in [2.24, 2.45) is 5.92 Å². The second-order valence-corrected chi connectivity index (χ2v) is 6.52. The van der Waals surface area contributed by atoms with Crippen molar-refractivity contribution < 1.29 is 14.3 Å². The zero-order chi connectivity index (χ0) is 16.8. The van der Waals surface area contributed by atoms with Crippen LogP contribution in [0.4, 0.5) is 0 Å². The molecule has 2 rings (SSSR count). The molecule has 0 bridgehead atoms. The van der Waals surface area contributed by atoms with Gasteiger partial charge >= 0.3 is 5.97 Å². The SMILES string of the molecule is CCOC(=O)[C@H]1CCCN([C@@H](C)C(=O)N2CCN(CC)CC2)C1. The Bertz CT molecular complexity index is 408. The summed E-state index contributed by atoms with van der Waals surface area (Å²) in [6, 6.07) is -0.152. The molecule has 23 heavy (non-hydrogen) atoms. The van der Waals surface area contributed by atoms with Gasteiger partial charge in [0.2, 0.25) is 5.91 Å². The smallest absolute Gasteiger partial charge is 0.310 e. The van der Waals surface area contributed by atoms with Crippen molar-refractivity contribution in [1.29, 1.82) is 0 Å². The molecule has 0 saturated carbocycles. The number of hydrogen-bond donors (Lipinski definition) is 0. The van der Waals surface area contributed by atoms with E-state index in [0.717, 1.165) is 52.1 Å². The number of carbonyl (C=O) groups excluding carboxylic acids is 2. The maximum absolute atomic E-state index is 12.7. The van der Waals surface area contributed by atoms with Gasteiger partial charge in [-0.15, -0.1) is 0 Å². The Morgan fingerprint density at radius 2 is 1.83 bits per heavy atom. The molecule has 6 nitrogen and oxygen atoms in total. The van der Waals surface area contributed by atoms with Crippen LogP contribution in [-0.2, 0) is 14.3 Å². The van der Waals surface area contributed by atoms with Gasteiger partial charge in [0.25, 0.3) is 0 Å². The molecule has 0 spiro atoms. The first-order valence-electron chi connectivity index (χ1n) is 8.98. The molecule has 0 aliphatic carbocycles. The number of rotatable bonds is 5. The molecule has 2 saturated heterocycles. The number of ether oxygens (including phenoxy) is 1. The second kappa shape index (κ2) is 8.64. The summed E-state index contributed by atoms with van der Waals surface area (Å²) < 4.78 is 5.14. The standard InChI is InChI=1S/C17H31N3O3/c1-4-18-9-11-19(12-10-18)16(21)14(3)20-8-6-7-15(13-20)17(22)23-5-2/h14-15H,4-13H2,1-3H3/t14-,15-/m0/s1. The number of likely N-dealkylation sites (N-methyl/N-ethyl adjacent to an activating group) is 1. The molecule has 0 N–H and O–H groups in total.